The van der Waals surface area contributed by atoms with Crippen LogP contribution in [0, 0.1) is 0 Å². The Hall–Kier alpha value is -2.60. The van der Waals surface area contributed by atoms with E-state index >= 15 is 0 Å². The number of benzene rings is 1. The van der Waals surface area contributed by atoms with Crippen LogP contribution in [0.4, 0.5) is 11.4 Å². The molecule has 0 radical (unpaired) electrons. The first-order chi connectivity index (χ1) is 12.2. The van der Waals surface area contributed by atoms with Gasteiger partial charge in [0, 0.05) is 37.6 Å². The van der Waals surface area contributed by atoms with Crippen molar-refractivity contribution >= 4 is 17.3 Å². The van der Waals surface area contributed by atoms with E-state index in [2.05, 4.69) is 10.2 Å². The molecular formula is C19H23N3O3. The fraction of sp³-hybridized carbons (Fsp3) is 0.368. The van der Waals surface area contributed by atoms with E-state index in [9.17, 15) is 9.59 Å². The maximum atomic E-state index is 12.8. The number of morpholine rings is 1. The topological polar surface area (TPSA) is 63.6 Å². The minimum absolute atomic E-state index is 0.0615. The van der Waals surface area contributed by atoms with Crippen LogP contribution in [0.15, 0.2) is 47.4 Å². The van der Waals surface area contributed by atoms with E-state index < -0.39 is 0 Å². The second-order valence-corrected chi connectivity index (χ2v) is 6.02. The number of aryl methyl sites for hydroxylation is 1. The fourth-order valence-corrected chi connectivity index (χ4v) is 2.97. The van der Waals surface area contributed by atoms with Crippen LogP contribution in [0.2, 0.25) is 0 Å². The number of para-hydroxylation sites is 1. The maximum absolute atomic E-state index is 12.8. The fourth-order valence-electron chi connectivity index (χ4n) is 2.97. The summed E-state index contributed by atoms with van der Waals surface area (Å²) in [6.45, 7) is 5.51. The van der Waals surface area contributed by atoms with Gasteiger partial charge in [0.15, 0.2) is 0 Å². The molecule has 1 amide bonds. The van der Waals surface area contributed by atoms with Crippen molar-refractivity contribution < 1.29 is 9.53 Å². The number of rotatable bonds is 5. The number of anilines is 2. The zero-order chi connectivity index (χ0) is 17.6. The third-order valence-electron chi connectivity index (χ3n) is 4.21. The number of carbonyl (C=O) groups is 1. The van der Waals surface area contributed by atoms with Crippen molar-refractivity contribution in [3.63, 3.8) is 0 Å². The monoisotopic (exact) mass is 341 g/mol. The highest BCUT2D eigenvalue weighted by Crippen LogP contribution is 2.22. The Bertz CT molecular complexity index is 794. The molecule has 0 aliphatic carbocycles. The van der Waals surface area contributed by atoms with Gasteiger partial charge in [-0.05, 0) is 24.6 Å². The van der Waals surface area contributed by atoms with E-state index in [0.717, 1.165) is 25.2 Å². The lowest BCUT2D eigenvalue weighted by atomic mass is 10.1. The molecule has 0 unspecified atom stereocenters. The normalized spacial score (nSPS) is 14.4. The summed E-state index contributed by atoms with van der Waals surface area (Å²) in [5.74, 6) is -0.177. The van der Waals surface area contributed by atoms with Crippen molar-refractivity contribution in [2.24, 2.45) is 0 Å². The predicted molar refractivity (Wildman–Crippen MR) is 98.4 cm³/mol. The van der Waals surface area contributed by atoms with Gasteiger partial charge in [0.25, 0.3) is 11.5 Å². The van der Waals surface area contributed by atoms with Crippen LogP contribution in [0.3, 0.4) is 0 Å². The highest BCUT2D eigenvalue weighted by molar-refractivity contribution is 6.08. The summed E-state index contributed by atoms with van der Waals surface area (Å²) in [7, 11) is 0. The summed E-state index contributed by atoms with van der Waals surface area (Å²) in [5.41, 5.74) is 2.09. The lowest BCUT2D eigenvalue weighted by molar-refractivity contribution is 0.102. The van der Waals surface area contributed by atoms with Crippen LogP contribution in [-0.2, 0) is 11.3 Å². The highest BCUT2D eigenvalue weighted by Gasteiger charge is 2.18. The van der Waals surface area contributed by atoms with Gasteiger partial charge in [0.1, 0.15) is 0 Å². The number of hydrogen-bond acceptors (Lipinski definition) is 4. The lowest BCUT2D eigenvalue weighted by Crippen LogP contribution is -2.37. The van der Waals surface area contributed by atoms with Gasteiger partial charge >= 0.3 is 0 Å². The van der Waals surface area contributed by atoms with Crippen LogP contribution >= 0.6 is 0 Å². The Balaban J connectivity index is 1.82. The molecular weight excluding hydrogens is 318 g/mol. The molecule has 0 spiro atoms. The first kappa shape index (κ1) is 17.2. The summed E-state index contributed by atoms with van der Waals surface area (Å²) < 4.78 is 7.00. The van der Waals surface area contributed by atoms with E-state index in [1.165, 1.54) is 6.07 Å². The number of amides is 1. The van der Waals surface area contributed by atoms with Gasteiger partial charge in [0.2, 0.25) is 0 Å². The predicted octanol–water partition coefficient (Wildman–Crippen LogP) is 2.35. The number of carbonyl (C=O) groups excluding carboxylic acids is 1. The van der Waals surface area contributed by atoms with Crippen LogP contribution in [-0.4, -0.2) is 36.8 Å². The number of aromatic nitrogens is 1. The van der Waals surface area contributed by atoms with Gasteiger partial charge in [0.05, 0.1) is 24.5 Å². The minimum atomic E-state index is -0.177. The van der Waals surface area contributed by atoms with E-state index in [0.29, 0.717) is 31.0 Å². The average molecular weight is 341 g/mol. The molecule has 2 heterocycles. The molecule has 1 aliphatic heterocycles. The number of nitrogens with one attached hydrogen (secondary N) is 1. The Labute approximate surface area is 147 Å². The molecule has 1 saturated heterocycles. The molecule has 3 rings (SSSR count). The molecule has 132 valence electrons. The summed E-state index contributed by atoms with van der Waals surface area (Å²) in [4.78, 5) is 26.7. The van der Waals surface area contributed by atoms with Crippen molar-refractivity contribution in [1.82, 2.24) is 4.57 Å². The van der Waals surface area contributed by atoms with Gasteiger partial charge in [-0.1, -0.05) is 19.1 Å². The van der Waals surface area contributed by atoms with Crippen molar-refractivity contribution in [2.45, 2.75) is 19.9 Å². The molecule has 1 aromatic heterocycles. The average Bonchev–Trinajstić information content (AvgIpc) is 2.65. The summed E-state index contributed by atoms with van der Waals surface area (Å²) in [5, 5.41) is 2.91. The quantitative estimate of drug-likeness (QED) is 0.907. The molecule has 1 aliphatic rings. The standard InChI is InChI=1S/C19H23N3O3/c1-2-9-22-14-15(7-8-18(22)23)20-19(24)16-5-3-4-6-17(16)21-10-12-25-13-11-21/h3-8,14H,2,9-13H2,1H3,(H,20,24). The van der Waals surface area contributed by atoms with Crippen LogP contribution in [0.25, 0.3) is 0 Å². The molecule has 6 nitrogen and oxygen atoms in total. The first-order valence-corrected chi connectivity index (χ1v) is 8.62. The van der Waals surface area contributed by atoms with E-state index in [-0.39, 0.29) is 11.5 Å². The van der Waals surface area contributed by atoms with Crippen LogP contribution < -0.4 is 15.8 Å². The van der Waals surface area contributed by atoms with Gasteiger partial charge in [-0.15, -0.1) is 0 Å². The number of nitrogens with zero attached hydrogens (tertiary/aromatic N) is 2. The molecule has 6 heteroatoms. The van der Waals surface area contributed by atoms with Gasteiger partial charge in [-0.2, -0.15) is 0 Å². The van der Waals surface area contributed by atoms with Crippen molar-refractivity contribution in [2.75, 3.05) is 36.5 Å². The summed E-state index contributed by atoms with van der Waals surface area (Å²) >= 11 is 0. The Morgan fingerprint density at radius 2 is 1.92 bits per heavy atom. The highest BCUT2D eigenvalue weighted by atomic mass is 16.5. The van der Waals surface area contributed by atoms with E-state index in [4.69, 9.17) is 4.74 Å². The largest absolute Gasteiger partial charge is 0.378 e. The van der Waals surface area contributed by atoms with Gasteiger partial charge in [-0.3, -0.25) is 9.59 Å². The molecule has 1 fully saturated rings. The van der Waals surface area contributed by atoms with Crippen molar-refractivity contribution in [3.05, 3.63) is 58.5 Å². The number of pyridine rings is 1. The minimum Gasteiger partial charge on any atom is -0.378 e. The summed E-state index contributed by atoms with van der Waals surface area (Å²) in [6.07, 6.45) is 2.55. The van der Waals surface area contributed by atoms with Crippen LogP contribution in [0.5, 0.6) is 0 Å². The molecule has 0 bridgehead atoms. The van der Waals surface area contributed by atoms with E-state index in [1.807, 2.05) is 31.2 Å². The molecule has 2 aromatic rings. The van der Waals surface area contributed by atoms with Crippen molar-refractivity contribution in [3.8, 4) is 0 Å². The molecule has 0 saturated carbocycles. The first-order valence-electron chi connectivity index (χ1n) is 8.62. The Morgan fingerprint density at radius 3 is 2.68 bits per heavy atom. The third-order valence-corrected chi connectivity index (χ3v) is 4.21. The smallest absolute Gasteiger partial charge is 0.257 e. The molecule has 25 heavy (non-hydrogen) atoms. The SMILES string of the molecule is CCCn1cc(NC(=O)c2ccccc2N2CCOCC2)ccc1=O. The summed E-state index contributed by atoms with van der Waals surface area (Å²) in [6, 6.07) is 10.7. The van der Waals surface area contributed by atoms with Crippen molar-refractivity contribution in [1.29, 1.82) is 0 Å². The Morgan fingerprint density at radius 1 is 1.16 bits per heavy atom. The Kier molecular flexibility index (Phi) is 5.50. The van der Waals surface area contributed by atoms with Gasteiger partial charge in [-0.25, -0.2) is 0 Å². The third kappa shape index (κ3) is 4.09. The molecule has 0 atom stereocenters. The number of hydrogen-bond donors (Lipinski definition) is 1. The zero-order valence-electron chi connectivity index (χ0n) is 14.4. The van der Waals surface area contributed by atoms with E-state index in [1.54, 1.807) is 16.8 Å². The molecule has 1 N–H and O–H groups in total. The second-order valence-electron chi connectivity index (χ2n) is 6.02. The zero-order valence-corrected chi connectivity index (χ0v) is 14.4. The maximum Gasteiger partial charge on any atom is 0.257 e. The number of ether oxygens (including phenoxy) is 1. The molecule has 1 aromatic carbocycles. The second kappa shape index (κ2) is 7.98. The van der Waals surface area contributed by atoms with Crippen LogP contribution in [0.1, 0.15) is 23.7 Å². The lowest BCUT2D eigenvalue weighted by Gasteiger charge is -2.30. The van der Waals surface area contributed by atoms with Gasteiger partial charge < -0.3 is 19.5 Å².